The van der Waals surface area contributed by atoms with Crippen molar-refractivity contribution in [2.75, 3.05) is 19.6 Å². The molecule has 1 aliphatic rings. The Bertz CT molecular complexity index is 168. The number of rotatable bonds is 1. The Morgan fingerprint density at radius 1 is 1.60 bits per heavy atom. The molecule has 1 heterocycles. The van der Waals surface area contributed by atoms with Crippen molar-refractivity contribution in [1.82, 2.24) is 5.32 Å². The van der Waals surface area contributed by atoms with Crippen molar-refractivity contribution in [3.63, 3.8) is 0 Å². The predicted octanol–water partition coefficient (Wildman–Crippen LogP) is 0.997. The maximum Gasteiger partial charge on any atom is 0.0527 e. The highest BCUT2D eigenvalue weighted by molar-refractivity contribution is 6.03. The van der Waals surface area contributed by atoms with E-state index < -0.39 is 0 Å². The molecule has 0 spiro atoms. The van der Waals surface area contributed by atoms with Gasteiger partial charge in [0.2, 0.25) is 0 Å². The van der Waals surface area contributed by atoms with E-state index in [9.17, 15) is 0 Å². The summed E-state index contributed by atoms with van der Waals surface area (Å²) in [5.41, 5.74) is 2.60. The third kappa shape index (κ3) is 1.45. The van der Waals surface area contributed by atoms with E-state index in [-0.39, 0.29) is 0 Å². The van der Waals surface area contributed by atoms with Crippen LogP contribution in [0.4, 0.5) is 0 Å². The van der Waals surface area contributed by atoms with Crippen LogP contribution in [0.1, 0.15) is 13.8 Å². The number of hydrogen-bond acceptors (Lipinski definition) is 2. The summed E-state index contributed by atoms with van der Waals surface area (Å²) in [5.74, 6) is 0. The minimum absolute atomic E-state index is 0.897. The van der Waals surface area contributed by atoms with Gasteiger partial charge in [-0.1, -0.05) is 6.08 Å². The first kappa shape index (κ1) is 7.48. The molecule has 1 saturated heterocycles. The molecule has 1 rings (SSSR count). The number of nitrogens with zero attached hydrogens (tertiary/aromatic N) is 1. The lowest BCUT2D eigenvalue weighted by molar-refractivity contribution is 0.905. The Labute approximate surface area is 62.0 Å². The minimum atomic E-state index is 0.897. The fraction of sp³-hybridized carbons (Fsp3) is 0.625. The summed E-state index contributed by atoms with van der Waals surface area (Å²) in [7, 11) is 0. The zero-order valence-electron chi connectivity index (χ0n) is 6.65. The Kier molecular flexibility index (Phi) is 2.63. The van der Waals surface area contributed by atoms with Crippen LogP contribution in [0.2, 0.25) is 0 Å². The molecule has 2 nitrogen and oxygen atoms in total. The van der Waals surface area contributed by atoms with Crippen LogP contribution in [0.15, 0.2) is 16.6 Å². The summed E-state index contributed by atoms with van der Waals surface area (Å²) in [4.78, 5) is 4.36. The maximum atomic E-state index is 4.36. The quantitative estimate of drug-likeness (QED) is 0.574. The van der Waals surface area contributed by atoms with Crippen molar-refractivity contribution in [2.45, 2.75) is 13.8 Å². The van der Waals surface area contributed by atoms with Gasteiger partial charge < -0.3 is 5.32 Å². The van der Waals surface area contributed by atoms with Gasteiger partial charge in [0.05, 0.1) is 5.71 Å². The van der Waals surface area contributed by atoms with E-state index in [1.807, 2.05) is 0 Å². The highest BCUT2D eigenvalue weighted by atomic mass is 14.9. The molecule has 0 radical (unpaired) electrons. The van der Waals surface area contributed by atoms with Gasteiger partial charge in [0.15, 0.2) is 0 Å². The molecule has 0 aromatic heterocycles. The first-order chi connectivity index (χ1) is 4.88. The van der Waals surface area contributed by atoms with Crippen LogP contribution in [0.5, 0.6) is 0 Å². The smallest absolute Gasteiger partial charge is 0.0527 e. The summed E-state index contributed by atoms with van der Waals surface area (Å²) < 4.78 is 0. The van der Waals surface area contributed by atoms with Crippen LogP contribution in [0.3, 0.4) is 0 Å². The molecule has 0 aromatic rings. The molecular formula is C8H14N2. The lowest BCUT2D eigenvalue weighted by Gasteiger charge is -1.94. The van der Waals surface area contributed by atoms with Crippen molar-refractivity contribution >= 4 is 5.71 Å². The highest BCUT2D eigenvalue weighted by Gasteiger charge is 2.11. The van der Waals surface area contributed by atoms with Gasteiger partial charge in [0.25, 0.3) is 0 Å². The topological polar surface area (TPSA) is 24.4 Å². The van der Waals surface area contributed by atoms with Gasteiger partial charge in [-0.25, -0.2) is 0 Å². The average Bonchev–Trinajstić information content (AvgIpc) is 2.36. The van der Waals surface area contributed by atoms with E-state index in [2.05, 4.69) is 30.2 Å². The number of hydrogen-bond donors (Lipinski definition) is 1. The molecule has 0 bridgehead atoms. The minimum Gasteiger partial charge on any atom is -0.307 e. The van der Waals surface area contributed by atoms with Crippen molar-refractivity contribution in [2.24, 2.45) is 4.99 Å². The average molecular weight is 138 g/mol. The molecule has 0 saturated carbocycles. The van der Waals surface area contributed by atoms with Crippen molar-refractivity contribution in [1.29, 1.82) is 0 Å². The SMILES string of the molecule is C/C=C1/CNC/C1=N/CC. The second-order valence-electron chi connectivity index (χ2n) is 2.34. The molecule has 0 amide bonds. The Hall–Kier alpha value is -0.630. The largest absolute Gasteiger partial charge is 0.307 e. The maximum absolute atomic E-state index is 4.36. The van der Waals surface area contributed by atoms with Gasteiger partial charge in [-0.3, -0.25) is 4.99 Å². The fourth-order valence-corrected chi connectivity index (χ4v) is 1.15. The van der Waals surface area contributed by atoms with E-state index in [0.717, 1.165) is 19.6 Å². The van der Waals surface area contributed by atoms with Crippen molar-refractivity contribution in [3.8, 4) is 0 Å². The first-order valence-corrected chi connectivity index (χ1v) is 3.78. The molecule has 56 valence electrons. The van der Waals surface area contributed by atoms with Crippen LogP contribution >= 0.6 is 0 Å². The summed E-state index contributed by atoms with van der Waals surface area (Å²) in [6.45, 7) is 6.98. The second-order valence-corrected chi connectivity index (χ2v) is 2.34. The van der Waals surface area contributed by atoms with Crippen LogP contribution in [-0.2, 0) is 0 Å². The number of nitrogens with one attached hydrogen (secondary N) is 1. The molecule has 10 heavy (non-hydrogen) atoms. The number of allylic oxidation sites excluding steroid dienone is 1. The van der Waals surface area contributed by atoms with Crippen LogP contribution < -0.4 is 5.32 Å². The Balaban J connectivity index is 2.68. The van der Waals surface area contributed by atoms with Crippen LogP contribution in [-0.4, -0.2) is 25.3 Å². The van der Waals surface area contributed by atoms with Gasteiger partial charge in [0, 0.05) is 19.6 Å². The molecular weight excluding hydrogens is 124 g/mol. The molecule has 2 heteroatoms. The van der Waals surface area contributed by atoms with E-state index in [1.165, 1.54) is 11.3 Å². The highest BCUT2D eigenvalue weighted by Crippen LogP contribution is 2.02. The summed E-state index contributed by atoms with van der Waals surface area (Å²) in [6.07, 6.45) is 2.13. The number of aliphatic imine (C=N–C) groups is 1. The predicted molar refractivity (Wildman–Crippen MR) is 44.6 cm³/mol. The standard InChI is InChI=1S/C8H14N2/c1-3-7-5-9-6-8(7)10-4-2/h3,9H,4-6H2,1-2H3/b7-3-,10-8-. The van der Waals surface area contributed by atoms with Gasteiger partial charge >= 0.3 is 0 Å². The molecule has 1 aliphatic heterocycles. The Morgan fingerprint density at radius 3 is 3.00 bits per heavy atom. The van der Waals surface area contributed by atoms with E-state index in [1.54, 1.807) is 0 Å². The van der Waals surface area contributed by atoms with E-state index in [4.69, 9.17) is 0 Å². The monoisotopic (exact) mass is 138 g/mol. The zero-order valence-corrected chi connectivity index (χ0v) is 6.65. The second kappa shape index (κ2) is 3.52. The summed E-state index contributed by atoms with van der Waals surface area (Å²) in [5, 5.41) is 3.26. The van der Waals surface area contributed by atoms with Gasteiger partial charge in [-0.05, 0) is 19.4 Å². The fourth-order valence-electron chi connectivity index (χ4n) is 1.15. The molecule has 0 aromatic carbocycles. The van der Waals surface area contributed by atoms with E-state index >= 15 is 0 Å². The van der Waals surface area contributed by atoms with Crippen LogP contribution in [0, 0.1) is 0 Å². The first-order valence-electron chi connectivity index (χ1n) is 3.78. The van der Waals surface area contributed by atoms with Crippen molar-refractivity contribution in [3.05, 3.63) is 11.6 Å². The van der Waals surface area contributed by atoms with Gasteiger partial charge in [0.1, 0.15) is 0 Å². The molecule has 1 fully saturated rings. The summed E-state index contributed by atoms with van der Waals surface area (Å²) >= 11 is 0. The normalized spacial score (nSPS) is 26.6. The molecule has 0 aliphatic carbocycles. The molecule has 0 unspecified atom stereocenters. The lowest BCUT2D eigenvalue weighted by atomic mass is 10.2. The zero-order chi connectivity index (χ0) is 7.40. The molecule has 1 N–H and O–H groups in total. The van der Waals surface area contributed by atoms with Crippen molar-refractivity contribution < 1.29 is 0 Å². The Morgan fingerprint density at radius 2 is 2.40 bits per heavy atom. The lowest BCUT2D eigenvalue weighted by Crippen LogP contribution is -2.08. The van der Waals surface area contributed by atoms with Gasteiger partial charge in [-0.2, -0.15) is 0 Å². The third-order valence-electron chi connectivity index (χ3n) is 1.68. The third-order valence-corrected chi connectivity index (χ3v) is 1.68. The molecule has 0 atom stereocenters. The van der Waals surface area contributed by atoms with Gasteiger partial charge in [-0.15, -0.1) is 0 Å². The summed E-state index contributed by atoms with van der Waals surface area (Å²) in [6, 6.07) is 0. The van der Waals surface area contributed by atoms with E-state index in [0.29, 0.717) is 0 Å². The van der Waals surface area contributed by atoms with Crippen LogP contribution in [0.25, 0.3) is 0 Å².